The van der Waals surface area contributed by atoms with Crippen molar-refractivity contribution in [3.63, 3.8) is 0 Å². The molecule has 0 aromatic carbocycles. The van der Waals surface area contributed by atoms with Crippen LogP contribution in [0.5, 0.6) is 0 Å². The zero-order valence-corrected chi connectivity index (χ0v) is 6.98. The molecule has 1 rings (SSSR count). The third-order valence-electron chi connectivity index (χ3n) is 1.61. The van der Waals surface area contributed by atoms with Crippen molar-refractivity contribution in [3.8, 4) is 0 Å². The van der Waals surface area contributed by atoms with Crippen LogP contribution in [0.3, 0.4) is 0 Å². The Morgan fingerprint density at radius 1 is 1.64 bits per heavy atom. The second kappa shape index (κ2) is 4.05. The van der Waals surface area contributed by atoms with Gasteiger partial charge in [-0.3, -0.25) is 15.1 Å². The Kier molecular flexibility index (Phi) is 3.03. The van der Waals surface area contributed by atoms with Gasteiger partial charge in [-0.25, -0.2) is 8.78 Å². The third kappa shape index (κ3) is 1.99. The highest BCUT2D eigenvalue weighted by Crippen LogP contribution is 2.28. The summed E-state index contributed by atoms with van der Waals surface area (Å²) in [7, 11) is 0. The lowest BCUT2D eigenvalue weighted by Gasteiger charge is -2.02. The summed E-state index contributed by atoms with van der Waals surface area (Å²) in [4.78, 5) is 13.1. The first-order valence-electron chi connectivity index (χ1n) is 3.67. The van der Waals surface area contributed by atoms with E-state index in [2.05, 4.69) is 4.98 Å². The molecule has 14 heavy (non-hydrogen) atoms. The van der Waals surface area contributed by atoms with E-state index in [0.29, 0.717) is 0 Å². The second-order valence-electron chi connectivity index (χ2n) is 2.50. The monoisotopic (exact) mass is 203 g/mol. The molecule has 0 fully saturated rings. The van der Waals surface area contributed by atoms with Crippen molar-refractivity contribution in [1.82, 2.24) is 4.98 Å². The molecule has 0 unspecified atom stereocenters. The van der Waals surface area contributed by atoms with Crippen LogP contribution in [-0.2, 0) is 6.54 Å². The first kappa shape index (κ1) is 10.5. The van der Waals surface area contributed by atoms with Crippen molar-refractivity contribution in [2.75, 3.05) is 0 Å². The Balaban J connectivity index is 3.24. The van der Waals surface area contributed by atoms with Gasteiger partial charge >= 0.3 is 0 Å². The molecule has 0 radical (unpaired) electrons. The van der Waals surface area contributed by atoms with Crippen molar-refractivity contribution in [2.24, 2.45) is 5.73 Å². The zero-order chi connectivity index (χ0) is 10.7. The minimum absolute atomic E-state index is 0.0235. The standard InChI is InChI=1S/C7H7F2N3O2/c8-7(9)5-3-11-4(2-10)1-6(5)12(13)14/h1,3,7H,2,10H2. The molecular weight excluding hydrogens is 196 g/mol. The molecule has 7 heteroatoms. The lowest BCUT2D eigenvalue weighted by atomic mass is 10.2. The van der Waals surface area contributed by atoms with Gasteiger partial charge in [-0.05, 0) is 0 Å². The molecular formula is C7H7F2N3O2. The smallest absolute Gasteiger partial charge is 0.281 e. The molecule has 1 aromatic heterocycles. The average molecular weight is 203 g/mol. The van der Waals surface area contributed by atoms with Crippen LogP contribution in [0.1, 0.15) is 17.7 Å². The number of hydrogen-bond acceptors (Lipinski definition) is 4. The van der Waals surface area contributed by atoms with Crippen LogP contribution in [0.15, 0.2) is 12.3 Å². The fourth-order valence-electron chi connectivity index (χ4n) is 0.935. The molecule has 0 amide bonds. The highest BCUT2D eigenvalue weighted by Gasteiger charge is 2.22. The molecule has 0 aliphatic heterocycles. The second-order valence-corrected chi connectivity index (χ2v) is 2.50. The number of nitrogens with zero attached hydrogens (tertiary/aromatic N) is 2. The highest BCUT2D eigenvalue weighted by atomic mass is 19.3. The lowest BCUT2D eigenvalue weighted by molar-refractivity contribution is -0.386. The highest BCUT2D eigenvalue weighted by molar-refractivity contribution is 5.40. The first-order valence-corrected chi connectivity index (χ1v) is 3.67. The molecule has 0 saturated carbocycles. The summed E-state index contributed by atoms with van der Waals surface area (Å²) >= 11 is 0. The van der Waals surface area contributed by atoms with Gasteiger partial charge < -0.3 is 5.73 Å². The van der Waals surface area contributed by atoms with Gasteiger partial charge in [-0.15, -0.1) is 0 Å². The van der Waals surface area contributed by atoms with Gasteiger partial charge in [0.05, 0.1) is 10.6 Å². The first-order chi connectivity index (χ1) is 6.56. The maximum absolute atomic E-state index is 12.2. The number of alkyl halides is 2. The van der Waals surface area contributed by atoms with Crippen molar-refractivity contribution < 1.29 is 13.7 Å². The number of nitro groups is 1. The molecule has 1 aromatic rings. The van der Waals surface area contributed by atoms with Crippen LogP contribution >= 0.6 is 0 Å². The van der Waals surface area contributed by atoms with E-state index < -0.39 is 22.6 Å². The van der Waals surface area contributed by atoms with Gasteiger partial charge in [0.15, 0.2) is 0 Å². The van der Waals surface area contributed by atoms with Crippen LogP contribution in [0, 0.1) is 10.1 Å². The quantitative estimate of drug-likeness (QED) is 0.594. The molecule has 2 N–H and O–H groups in total. The molecule has 1 heterocycles. The zero-order valence-electron chi connectivity index (χ0n) is 6.98. The topological polar surface area (TPSA) is 82.0 Å². The van der Waals surface area contributed by atoms with Crippen molar-refractivity contribution in [1.29, 1.82) is 0 Å². The van der Waals surface area contributed by atoms with E-state index in [-0.39, 0.29) is 12.2 Å². The van der Waals surface area contributed by atoms with E-state index in [1.165, 1.54) is 0 Å². The average Bonchev–Trinajstić information content (AvgIpc) is 2.16. The number of halogens is 2. The maximum Gasteiger partial charge on any atom is 0.281 e. The van der Waals surface area contributed by atoms with Crippen LogP contribution in [0.25, 0.3) is 0 Å². The molecule has 0 aliphatic carbocycles. The summed E-state index contributed by atoms with van der Waals surface area (Å²) in [5, 5.41) is 10.4. The molecule has 0 aliphatic rings. The Morgan fingerprint density at radius 3 is 2.71 bits per heavy atom. The Morgan fingerprint density at radius 2 is 2.29 bits per heavy atom. The Hall–Kier alpha value is -1.63. The van der Waals surface area contributed by atoms with Crippen molar-refractivity contribution in [2.45, 2.75) is 13.0 Å². The Bertz CT molecular complexity index is 357. The molecule has 0 bridgehead atoms. The number of hydrogen-bond donors (Lipinski definition) is 1. The Labute approximate surface area is 77.7 Å². The van der Waals surface area contributed by atoms with Crippen LogP contribution in [0.4, 0.5) is 14.5 Å². The predicted molar refractivity (Wildman–Crippen MR) is 43.7 cm³/mol. The summed E-state index contributed by atoms with van der Waals surface area (Å²) in [6.07, 6.45) is -2.12. The van der Waals surface area contributed by atoms with Gasteiger partial charge in [0.2, 0.25) is 0 Å². The summed E-state index contributed by atoms with van der Waals surface area (Å²) in [6, 6.07) is 0.960. The third-order valence-corrected chi connectivity index (χ3v) is 1.61. The van der Waals surface area contributed by atoms with E-state index >= 15 is 0 Å². The molecule has 76 valence electrons. The van der Waals surface area contributed by atoms with Gasteiger partial charge in [-0.1, -0.05) is 0 Å². The normalized spacial score (nSPS) is 10.6. The van der Waals surface area contributed by atoms with Crippen LogP contribution in [0.2, 0.25) is 0 Å². The summed E-state index contributed by atoms with van der Waals surface area (Å²) in [5.74, 6) is 0. The molecule has 0 atom stereocenters. The predicted octanol–water partition coefficient (Wildman–Crippen LogP) is 1.39. The number of rotatable bonds is 3. The van der Waals surface area contributed by atoms with E-state index in [4.69, 9.17) is 5.73 Å². The molecule has 5 nitrogen and oxygen atoms in total. The van der Waals surface area contributed by atoms with Crippen molar-refractivity contribution >= 4 is 5.69 Å². The van der Waals surface area contributed by atoms with Crippen LogP contribution in [-0.4, -0.2) is 9.91 Å². The minimum Gasteiger partial charge on any atom is -0.325 e. The van der Waals surface area contributed by atoms with Gasteiger partial charge in [0.25, 0.3) is 12.1 Å². The number of pyridine rings is 1. The van der Waals surface area contributed by atoms with E-state index in [1.807, 2.05) is 0 Å². The minimum atomic E-state index is -2.91. The fourth-order valence-corrected chi connectivity index (χ4v) is 0.935. The molecule has 0 spiro atoms. The van der Waals surface area contributed by atoms with E-state index in [0.717, 1.165) is 12.3 Å². The number of aromatic nitrogens is 1. The fraction of sp³-hybridized carbons (Fsp3) is 0.286. The molecule has 0 saturated heterocycles. The van der Waals surface area contributed by atoms with Crippen molar-refractivity contribution in [3.05, 3.63) is 33.6 Å². The van der Waals surface area contributed by atoms with Crippen LogP contribution < -0.4 is 5.73 Å². The summed E-state index contributed by atoms with van der Waals surface area (Å²) < 4.78 is 24.5. The van der Waals surface area contributed by atoms with Gasteiger partial charge in [0, 0.05) is 18.8 Å². The van der Waals surface area contributed by atoms with E-state index in [1.54, 1.807) is 0 Å². The number of nitrogens with two attached hydrogens (primary N) is 1. The lowest BCUT2D eigenvalue weighted by Crippen LogP contribution is -2.03. The van der Waals surface area contributed by atoms with Gasteiger partial charge in [0.1, 0.15) is 5.56 Å². The summed E-state index contributed by atoms with van der Waals surface area (Å²) in [6.45, 7) is -0.0235. The maximum atomic E-state index is 12.2. The largest absolute Gasteiger partial charge is 0.325 e. The van der Waals surface area contributed by atoms with E-state index in [9.17, 15) is 18.9 Å². The summed E-state index contributed by atoms with van der Waals surface area (Å²) in [5.41, 5.74) is 4.05. The SMILES string of the molecule is NCc1cc([N+](=O)[O-])c(C(F)F)cn1. The van der Waals surface area contributed by atoms with Gasteiger partial charge in [-0.2, -0.15) is 0 Å².